The summed E-state index contributed by atoms with van der Waals surface area (Å²) in [5, 5.41) is 5.70. The number of carbonyl (C=O) groups excluding carboxylic acids is 2. The van der Waals surface area contributed by atoms with Gasteiger partial charge < -0.3 is 10.6 Å². The number of anilines is 1. The molecule has 3 amide bonds. The molecule has 1 aliphatic rings. The van der Waals surface area contributed by atoms with Gasteiger partial charge in [-0.15, -0.1) is 11.3 Å². The number of thiophene rings is 1. The third kappa shape index (κ3) is 3.70. The Bertz CT molecular complexity index is 866. The van der Waals surface area contributed by atoms with Crippen LogP contribution in [0.15, 0.2) is 16.7 Å². The third-order valence-corrected chi connectivity index (χ3v) is 6.04. The monoisotopic (exact) mass is 457 g/mol. The van der Waals surface area contributed by atoms with Crippen molar-refractivity contribution in [2.75, 3.05) is 18.4 Å². The van der Waals surface area contributed by atoms with E-state index in [1.165, 1.54) is 16.2 Å². The van der Waals surface area contributed by atoms with Gasteiger partial charge in [-0.3, -0.25) is 9.69 Å². The van der Waals surface area contributed by atoms with Gasteiger partial charge in [0.2, 0.25) is 5.95 Å². The van der Waals surface area contributed by atoms with Crippen LogP contribution in [0.25, 0.3) is 10.6 Å². The Kier molecular flexibility index (Phi) is 5.23. The van der Waals surface area contributed by atoms with Crippen LogP contribution >= 0.6 is 38.9 Å². The summed E-state index contributed by atoms with van der Waals surface area (Å²) >= 11 is 11.0. The van der Waals surface area contributed by atoms with Crippen molar-refractivity contribution >= 4 is 56.8 Å². The lowest BCUT2D eigenvalue weighted by Crippen LogP contribution is -2.40. The standard InChI is InChI=1S/C16H17BrClN5O2S/c1-8-6-10(26-12(8)18)11-9(17)7-20-14(21-11)19-4-5-23-13(24)16(2,3)22-15(23)25/h6-7H,4-5H2,1-3H3,(H,22,25)(H,19,20,21). The minimum atomic E-state index is -0.866. The van der Waals surface area contributed by atoms with Gasteiger partial charge in [0, 0.05) is 19.3 Å². The molecule has 0 aromatic carbocycles. The summed E-state index contributed by atoms with van der Waals surface area (Å²) in [6, 6.07) is 1.59. The minimum Gasteiger partial charge on any atom is -0.352 e. The maximum Gasteiger partial charge on any atom is 0.325 e. The first-order valence-electron chi connectivity index (χ1n) is 7.86. The Morgan fingerprint density at radius 3 is 2.73 bits per heavy atom. The molecule has 7 nitrogen and oxygen atoms in total. The smallest absolute Gasteiger partial charge is 0.325 e. The van der Waals surface area contributed by atoms with Crippen molar-refractivity contribution in [3.05, 3.63) is 26.6 Å². The number of carbonyl (C=O) groups is 2. The van der Waals surface area contributed by atoms with Crippen LogP contribution < -0.4 is 10.6 Å². The zero-order valence-electron chi connectivity index (χ0n) is 14.4. The van der Waals surface area contributed by atoms with Crippen molar-refractivity contribution in [2.24, 2.45) is 0 Å². The number of amides is 3. The molecule has 0 atom stereocenters. The fourth-order valence-electron chi connectivity index (χ4n) is 2.50. The average Bonchev–Trinajstić information content (AvgIpc) is 2.99. The molecule has 0 aliphatic carbocycles. The number of urea groups is 1. The lowest BCUT2D eigenvalue weighted by atomic mass is 10.1. The van der Waals surface area contributed by atoms with E-state index in [9.17, 15) is 9.59 Å². The number of imide groups is 1. The van der Waals surface area contributed by atoms with E-state index < -0.39 is 5.54 Å². The predicted octanol–water partition coefficient (Wildman–Crippen LogP) is 3.67. The first-order valence-corrected chi connectivity index (χ1v) is 9.84. The molecular formula is C16H17BrClN5O2S. The lowest BCUT2D eigenvalue weighted by Gasteiger charge is -2.16. The van der Waals surface area contributed by atoms with Gasteiger partial charge in [-0.25, -0.2) is 14.8 Å². The number of aromatic nitrogens is 2. The highest BCUT2D eigenvalue weighted by Crippen LogP contribution is 2.36. The Morgan fingerprint density at radius 1 is 1.42 bits per heavy atom. The van der Waals surface area contributed by atoms with E-state index in [-0.39, 0.29) is 18.5 Å². The van der Waals surface area contributed by atoms with E-state index in [2.05, 4.69) is 36.5 Å². The molecule has 2 N–H and O–H groups in total. The van der Waals surface area contributed by atoms with Gasteiger partial charge in [0.15, 0.2) is 0 Å². The highest BCUT2D eigenvalue weighted by atomic mass is 79.9. The number of nitrogens with one attached hydrogen (secondary N) is 2. The molecule has 3 rings (SSSR count). The van der Waals surface area contributed by atoms with Gasteiger partial charge in [0.05, 0.1) is 13.7 Å². The van der Waals surface area contributed by atoms with Gasteiger partial charge >= 0.3 is 6.03 Å². The SMILES string of the molecule is Cc1cc(-c2nc(NCCN3C(=O)NC(C)(C)C3=O)ncc2Br)sc1Cl. The average molecular weight is 459 g/mol. The van der Waals surface area contributed by atoms with Crippen LogP contribution in [0.4, 0.5) is 10.7 Å². The molecule has 0 bridgehead atoms. The number of aryl methyl sites for hydroxylation is 1. The Labute approximate surface area is 168 Å². The summed E-state index contributed by atoms with van der Waals surface area (Å²) in [5.74, 6) is 0.169. The third-order valence-electron chi connectivity index (χ3n) is 3.90. The fraction of sp³-hybridized carbons (Fsp3) is 0.375. The minimum absolute atomic E-state index is 0.229. The van der Waals surface area contributed by atoms with Crippen molar-refractivity contribution in [3.63, 3.8) is 0 Å². The first-order chi connectivity index (χ1) is 12.2. The molecule has 0 unspecified atom stereocenters. The van der Waals surface area contributed by atoms with Crippen LogP contribution in [-0.2, 0) is 4.79 Å². The maximum atomic E-state index is 12.2. The van der Waals surface area contributed by atoms with E-state index in [0.717, 1.165) is 24.9 Å². The van der Waals surface area contributed by atoms with Gasteiger partial charge in [-0.2, -0.15) is 0 Å². The van der Waals surface area contributed by atoms with Crippen LogP contribution in [0.2, 0.25) is 4.34 Å². The molecule has 3 heterocycles. The second-order valence-electron chi connectivity index (χ2n) is 6.40. The van der Waals surface area contributed by atoms with E-state index in [0.29, 0.717) is 12.5 Å². The molecule has 1 saturated heterocycles. The lowest BCUT2D eigenvalue weighted by molar-refractivity contribution is -0.130. The van der Waals surface area contributed by atoms with E-state index in [4.69, 9.17) is 11.6 Å². The Balaban J connectivity index is 1.69. The van der Waals surface area contributed by atoms with E-state index >= 15 is 0 Å². The fourth-order valence-corrected chi connectivity index (χ4v) is 4.24. The highest BCUT2D eigenvalue weighted by molar-refractivity contribution is 9.10. The molecule has 10 heteroatoms. The van der Waals surface area contributed by atoms with Crippen molar-refractivity contribution < 1.29 is 9.59 Å². The highest BCUT2D eigenvalue weighted by Gasteiger charge is 2.43. The van der Waals surface area contributed by atoms with Crippen LogP contribution in [0.1, 0.15) is 19.4 Å². The van der Waals surface area contributed by atoms with Crippen LogP contribution in [0, 0.1) is 6.92 Å². The zero-order valence-corrected chi connectivity index (χ0v) is 17.5. The van der Waals surface area contributed by atoms with Gasteiger partial charge in [0.25, 0.3) is 5.91 Å². The summed E-state index contributed by atoms with van der Waals surface area (Å²) in [5.41, 5.74) is 0.862. The van der Waals surface area contributed by atoms with Gasteiger partial charge in [0.1, 0.15) is 11.2 Å². The summed E-state index contributed by atoms with van der Waals surface area (Å²) in [7, 11) is 0. The molecule has 2 aromatic heterocycles. The largest absolute Gasteiger partial charge is 0.352 e. The summed E-state index contributed by atoms with van der Waals surface area (Å²) < 4.78 is 1.48. The molecular weight excluding hydrogens is 442 g/mol. The maximum absolute atomic E-state index is 12.2. The molecule has 138 valence electrons. The summed E-state index contributed by atoms with van der Waals surface area (Å²) in [4.78, 5) is 34.9. The van der Waals surface area contributed by atoms with Gasteiger partial charge in [-0.1, -0.05) is 11.6 Å². The normalized spacial score (nSPS) is 16.1. The molecule has 26 heavy (non-hydrogen) atoms. The Hall–Kier alpha value is -1.71. The molecule has 1 aliphatic heterocycles. The topological polar surface area (TPSA) is 87.2 Å². The van der Waals surface area contributed by atoms with Crippen LogP contribution in [0.5, 0.6) is 0 Å². The second kappa shape index (κ2) is 7.13. The second-order valence-corrected chi connectivity index (χ2v) is 8.90. The molecule has 1 fully saturated rings. The quantitative estimate of drug-likeness (QED) is 0.668. The van der Waals surface area contributed by atoms with E-state index in [1.54, 1.807) is 20.0 Å². The number of hydrogen-bond donors (Lipinski definition) is 2. The van der Waals surface area contributed by atoms with Crippen molar-refractivity contribution in [3.8, 4) is 10.6 Å². The number of nitrogens with zero attached hydrogens (tertiary/aromatic N) is 3. The van der Waals surface area contributed by atoms with Crippen LogP contribution in [0.3, 0.4) is 0 Å². The van der Waals surface area contributed by atoms with Crippen molar-refractivity contribution in [1.29, 1.82) is 0 Å². The van der Waals surface area contributed by atoms with Crippen LogP contribution in [-0.4, -0.2) is 45.4 Å². The number of hydrogen-bond acceptors (Lipinski definition) is 6. The van der Waals surface area contributed by atoms with E-state index in [1.807, 2.05) is 13.0 Å². The zero-order chi connectivity index (χ0) is 19.1. The number of rotatable bonds is 5. The summed E-state index contributed by atoms with van der Waals surface area (Å²) in [6.07, 6.45) is 1.66. The van der Waals surface area contributed by atoms with Gasteiger partial charge in [-0.05, 0) is 48.3 Å². The molecule has 0 spiro atoms. The molecule has 0 radical (unpaired) electrons. The molecule has 0 saturated carbocycles. The molecule has 2 aromatic rings. The Morgan fingerprint density at radius 2 is 2.15 bits per heavy atom. The summed E-state index contributed by atoms with van der Waals surface area (Å²) in [6.45, 7) is 5.88. The number of halogens is 2. The predicted molar refractivity (Wildman–Crippen MR) is 106 cm³/mol. The van der Waals surface area contributed by atoms with Crippen molar-refractivity contribution in [2.45, 2.75) is 26.3 Å². The first kappa shape index (κ1) is 19.1. The van der Waals surface area contributed by atoms with Crippen molar-refractivity contribution in [1.82, 2.24) is 20.2 Å².